The molecule has 0 saturated carbocycles. The highest BCUT2D eigenvalue weighted by molar-refractivity contribution is 5.86. The number of hydrazone groups is 1. The molecule has 1 amide bonds. The van der Waals surface area contributed by atoms with E-state index in [1.165, 1.54) is 17.9 Å². The van der Waals surface area contributed by atoms with E-state index in [4.69, 9.17) is 6.42 Å². The van der Waals surface area contributed by atoms with Crippen LogP contribution >= 0.6 is 0 Å². The number of amides is 1. The zero-order chi connectivity index (χ0) is 21.8. The summed E-state index contributed by atoms with van der Waals surface area (Å²) in [4.78, 5) is 16.7. The first-order valence-corrected chi connectivity index (χ1v) is 10.00. The van der Waals surface area contributed by atoms with Gasteiger partial charge in [0.15, 0.2) is 0 Å². The van der Waals surface area contributed by atoms with Crippen molar-refractivity contribution in [3.8, 4) is 12.3 Å². The molecule has 1 aromatic carbocycles. The second-order valence-electron chi connectivity index (χ2n) is 7.22. The van der Waals surface area contributed by atoms with E-state index in [0.29, 0.717) is 12.0 Å². The summed E-state index contributed by atoms with van der Waals surface area (Å²) in [5.41, 5.74) is 4.90. The second-order valence-corrected chi connectivity index (χ2v) is 7.22. The van der Waals surface area contributed by atoms with Crippen molar-refractivity contribution in [3.05, 3.63) is 71.5 Å². The van der Waals surface area contributed by atoms with Crippen molar-refractivity contribution in [2.24, 2.45) is 5.10 Å². The van der Waals surface area contributed by atoms with Gasteiger partial charge in [-0.25, -0.2) is 5.43 Å². The predicted octanol–water partition coefficient (Wildman–Crippen LogP) is 2.87. The molecule has 1 heterocycles. The Morgan fingerprint density at radius 3 is 2.57 bits per heavy atom. The summed E-state index contributed by atoms with van der Waals surface area (Å²) < 4.78 is 0. The van der Waals surface area contributed by atoms with E-state index in [1.54, 1.807) is 13.0 Å². The molecular formula is C24H30N4O2. The van der Waals surface area contributed by atoms with Gasteiger partial charge in [-0.2, -0.15) is 5.10 Å². The maximum absolute atomic E-state index is 12.2. The molecule has 1 aliphatic heterocycles. The van der Waals surface area contributed by atoms with E-state index in [2.05, 4.69) is 57.1 Å². The molecule has 1 aromatic rings. The van der Waals surface area contributed by atoms with Crippen LogP contribution in [0.1, 0.15) is 18.9 Å². The molecule has 0 aliphatic carbocycles. The van der Waals surface area contributed by atoms with Gasteiger partial charge in [0.2, 0.25) is 0 Å². The molecule has 1 fully saturated rings. The Balaban J connectivity index is 1.79. The Morgan fingerprint density at radius 2 is 1.93 bits per heavy atom. The zero-order valence-corrected chi connectivity index (χ0v) is 17.6. The fourth-order valence-corrected chi connectivity index (χ4v) is 3.18. The van der Waals surface area contributed by atoms with Crippen molar-refractivity contribution in [1.82, 2.24) is 15.2 Å². The van der Waals surface area contributed by atoms with Crippen LogP contribution in [0, 0.1) is 12.3 Å². The summed E-state index contributed by atoms with van der Waals surface area (Å²) >= 11 is 0. The van der Waals surface area contributed by atoms with Crippen molar-refractivity contribution in [2.45, 2.75) is 19.9 Å². The summed E-state index contributed by atoms with van der Waals surface area (Å²) in [7, 11) is 0. The number of piperazine rings is 1. The van der Waals surface area contributed by atoms with Crippen LogP contribution in [0.15, 0.2) is 71.1 Å². The zero-order valence-electron chi connectivity index (χ0n) is 17.6. The number of allylic oxidation sites excluding steroid dienone is 4. The standard InChI is InChI=1S/C24H30N4O2/c1-4-9-20(3)24(30)22(10-5-2)17-25-26-23(29)19-28-15-13-27(14-16-28)18-21-11-7-6-8-12-21/h2,4,6-8,10-12,17,30H,1,9,13-16,18-19H2,3H3,(H,26,29)/b22-10-,24-20-,25-17+. The summed E-state index contributed by atoms with van der Waals surface area (Å²) in [5, 5.41) is 14.2. The minimum atomic E-state index is -0.200. The first-order chi connectivity index (χ1) is 14.5. The van der Waals surface area contributed by atoms with Crippen molar-refractivity contribution in [1.29, 1.82) is 0 Å². The van der Waals surface area contributed by atoms with Crippen LogP contribution in [-0.4, -0.2) is 59.8 Å². The third kappa shape index (κ3) is 7.70. The molecule has 6 nitrogen and oxygen atoms in total. The number of rotatable bonds is 9. The number of benzene rings is 1. The second kappa shape index (κ2) is 12.4. The molecule has 6 heteroatoms. The van der Waals surface area contributed by atoms with Gasteiger partial charge in [0, 0.05) is 44.4 Å². The minimum absolute atomic E-state index is 0.0420. The normalized spacial score (nSPS) is 16.7. The molecule has 0 bridgehead atoms. The third-order valence-corrected chi connectivity index (χ3v) is 4.84. The number of aliphatic hydroxyl groups is 1. The summed E-state index contributed by atoms with van der Waals surface area (Å²) in [6.45, 7) is 10.1. The average molecular weight is 407 g/mol. The quantitative estimate of drug-likeness (QED) is 0.165. The molecule has 0 spiro atoms. The van der Waals surface area contributed by atoms with Crippen LogP contribution in [-0.2, 0) is 11.3 Å². The topological polar surface area (TPSA) is 68.2 Å². The van der Waals surface area contributed by atoms with Crippen molar-refractivity contribution in [3.63, 3.8) is 0 Å². The molecule has 1 aliphatic rings. The molecule has 30 heavy (non-hydrogen) atoms. The lowest BCUT2D eigenvalue weighted by atomic mass is 10.1. The van der Waals surface area contributed by atoms with E-state index in [1.807, 2.05) is 6.07 Å². The number of carbonyl (C=O) groups is 1. The first kappa shape index (κ1) is 23.1. The highest BCUT2D eigenvalue weighted by Gasteiger charge is 2.18. The molecule has 158 valence electrons. The number of hydrogen-bond acceptors (Lipinski definition) is 5. The Morgan fingerprint density at radius 1 is 1.27 bits per heavy atom. The summed E-state index contributed by atoms with van der Waals surface area (Å²) in [6.07, 6.45) is 10.3. The van der Waals surface area contributed by atoms with Gasteiger partial charge in [0.25, 0.3) is 5.91 Å². The van der Waals surface area contributed by atoms with Gasteiger partial charge in [0.05, 0.1) is 12.8 Å². The van der Waals surface area contributed by atoms with E-state index in [9.17, 15) is 9.90 Å². The first-order valence-electron chi connectivity index (χ1n) is 10.00. The van der Waals surface area contributed by atoms with Gasteiger partial charge < -0.3 is 5.11 Å². The third-order valence-electron chi connectivity index (χ3n) is 4.84. The van der Waals surface area contributed by atoms with Crippen molar-refractivity contribution >= 4 is 12.1 Å². The molecule has 0 aromatic heterocycles. The number of carbonyl (C=O) groups excluding carboxylic acids is 1. The van der Waals surface area contributed by atoms with Crippen LogP contribution in [0.2, 0.25) is 0 Å². The molecular weight excluding hydrogens is 376 g/mol. The number of hydrogen-bond donors (Lipinski definition) is 2. The Bertz CT molecular complexity index is 842. The lowest BCUT2D eigenvalue weighted by Gasteiger charge is -2.34. The van der Waals surface area contributed by atoms with E-state index >= 15 is 0 Å². The highest BCUT2D eigenvalue weighted by Crippen LogP contribution is 2.13. The molecule has 2 rings (SSSR count). The van der Waals surface area contributed by atoms with Crippen LogP contribution in [0.25, 0.3) is 0 Å². The molecule has 1 saturated heterocycles. The lowest BCUT2D eigenvalue weighted by Crippen LogP contribution is -2.48. The Kier molecular flexibility index (Phi) is 9.59. The maximum atomic E-state index is 12.2. The number of aliphatic hydroxyl groups excluding tert-OH is 1. The van der Waals surface area contributed by atoms with Crippen molar-refractivity contribution in [2.75, 3.05) is 32.7 Å². The average Bonchev–Trinajstić information content (AvgIpc) is 2.75. The summed E-state index contributed by atoms with van der Waals surface area (Å²) in [5.74, 6) is 2.21. The monoisotopic (exact) mass is 406 g/mol. The highest BCUT2D eigenvalue weighted by atomic mass is 16.3. The van der Waals surface area contributed by atoms with Gasteiger partial charge >= 0.3 is 0 Å². The number of nitrogens with zero attached hydrogens (tertiary/aromatic N) is 3. The molecule has 2 N–H and O–H groups in total. The fraction of sp³-hybridized carbons (Fsp3) is 0.333. The van der Waals surface area contributed by atoms with Crippen molar-refractivity contribution < 1.29 is 9.90 Å². The molecule has 0 atom stereocenters. The number of nitrogens with one attached hydrogen (secondary N) is 1. The van der Waals surface area contributed by atoms with Crippen LogP contribution in [0.5, 0.6) is 0 Å². The van der Waals surface area contributed by atoms with Crippen LogP contribution < -0.4 is 5.43 Å². The fourth-order valence-electron chi connectivity index (χ4n) is 3.18. The van der Waals surface area contributed by atoms with E-state index < -0.39 is 0 Å². The van der Waals surface area contributed by atoms with Crippen LogP contribution in [0.3, 0.4) is 0 Å². The minimum Gasteiger partial charge on any atom is -0.507 e. The summed E-state index contributed by atoms with van der Waals surface area (Å²) in [6, 6.07) is 10.4. The van der Waals surface area contributed by atoms with Crippen LogP contribution in [0.4, 0.5) is 0 Å². The van der Waals surface area contributed by atoms with E-state index in [0.717, 1.165) is 38.3 Å². The SMILES string of the molecule is C#C/C=C(/C=N/NC(=O)CN1CCN(Cc2ccccc2)CC1)C(\O)=C(/C)CC=C. The smallest absolute Gasteiger partial charge is 0.254 e. The molecule has 0 radical (unpaired) electrons. The lowest BCUT2D eigenvalue weighted by molar-refractivity contribution is -0.122. The largest absolute Gasteiger partial charge is 0.507 e. The Hall–Kier alpha value is -3.14. The predicted molar refractivity (Wildman–Crippen MR) is 122 cm³/mol. The molecule has 0 unspecified atom stereocenters. The Labute approximate surface area is 179 Å². The van der Waals surface area contributed by atoms with Gasteiger partial charge in [0.1, 0.15) is 5.76 Å². The maximum Gasteiger partial charge on any atom is 0.254 e. The van der Waals surface area contributed by atoms with Gasteiger partial charge in [-0.15, -0.1) is 13.0 Å². The van der Waals surface area contributed by atoms with Gasteiger partial charge in [-0.05, 0) is 24.5 Å². The van der Waals surface area contributed by atoms with E-state index in [-0.39, 0.29) is 18.2 Å². The number of terminal acetylenes is 1. The van der Waals surface area contributed by atoms with Gasteiger partial charge in [-0.1, -0.05) is 42.3 Å². The van der Waals surface area contributed by atoms with Gasteiger partial charge in [-0.3, -0.25) is 14.6 Å².